The standard InChI is InChI=1S/C13H19BrN2O/c1-15(2)12-5-6-16(8-12)11-4-3-10(9-17)13(14)7-11/h3-4,7,12,17H,5-6,8-9H2,1-2H3. The van der Waals surface area contributed by atoms with Gasteiger partial charge in [-0.25, -0.2) is 0 Å². The Kier molecular flexibility index (Phi) is 4.07. The van der Waals surface area contributed by atoms with Gasteiger partial charge >= 0.3 is 0 Å². The number of hydrogen-bond donors (Lipinski definition) is 1. The minimum Gasteiger partial charge on any atom is -0.392 e. The first-order valence-corrected chi connectivity index (χ1v) is 6.71. The average Bonchev–Trinajstić information content (AvgIpc) is 2.78. The van der Waals surface area contributed by atoms with Crippen molar-refractivity contribution in [3.63, 3.8) is 0 Å². The summed E-state index contributed by atoms with van der Waals surface area (Å²) >= 11 is 3.50. The third kappa shape index (κ3) is 2.81. The molecule has 0 aromatic heterocycles. The zero-order chi connectivity index (χ0) is 12.4. The highest BCUT2D eigenvalue weighted by molar-refractivity contribution is 9.10. The Hall–Kier alpha value is -0.580. The molecule has 4 heteroatoms. The summed E-state index contributed by atoms with van der Waals surface area (Å²) in [6, 6.07) is 6.83. The first kappa shape index (κ1) is 12.9. The van der Waals surface area contributed by atoms with Gasteiger partial charge in [0, 0.05) is 29.3 Å². The molecule has 2 rings (SSSR count). The SMILES string of the molecule is CN(C)C1CCN(c2ccc(CO)c(Br)c2)C1. The molecular weight excluding hydrogens is 280 g/mol. The van der Waals surface area contributed by atoms with E-state index in [1.54, 1.807) is 0 Å². The summed E-state index contributed by atoms with van der Waals surface area (Å²) in [6.45, 7) is 2.27. The van der Waals surface area contributed by atoms with Crippen LogP contribution in [-0.2, 0) is 6.61 Å². The van der Waals surface area contributed by atoms with Crippen molar-refractivity contribution in [2.45, 2.75) is 19.1 Å². The normalized spacial score (nSPS) is 20.3. The zero-order valence-electron chi connectivity index (χ0n) is 10.4. The molecule has 17 heavy (non-hydrogen) atoms. The van der Waals surface area contributed by atoms with Crippen LogP contribution in [0.5, 0.6) is 0 Å². The van der Waals surface area contributed by atoms with Gasteiger partial charge in [0.05, 0.1) is 6.61 Å². The van der Waals surface area contributed by atoms with Crippen LogP contribution in [0.25, 0.3) is 0 Å². The molecule has 0 radical (unpaired) electrons. The van der Waals surface area contributed by atoms with Crippen molar-refractivity contribution in [2.24, 2.45) is 0 Å². The number of anilines is 1. The van der Waals surface area contributed by atoms with Gasteiger partial charge in [0.15, 0.2) is 0 Å². The fourth-order valence-electron chi connectivity index (χ4n) is 2.26. The average molecular weight is 299 g/mol. The summed E-state index contributed by atoms with van der Waals surface area (Å²) in [4.78, 5) is 4.69. The summed E-state index contributed by atoms with van der Waals surface area (Å²) in [7, 11) is 4.28. The van der Waals surface area contributed by atoms with Crippen molar-refractivity contribution in [2.75, 3.05) is 32.1 Å². The van der Waals surface area contributed by atoms with E-state index in [1.807, 2.05) is 6.07 Å². The Balaban J connectivity index is 2.11. The second-order valence-electron chi connectivity index (χ2n) is 4.79. The summed E-state index contributed by atoms with van der Waals surface area (Å²) < 4.78 is 0.991. The molecule has 1 atom stereocenters. The maximum Gasteiger partial charge on any atom is 0.0692 e. The minimum absolute atomic E-state index is 0.0845. The lowest BCUT2D eigenvalue weighted by atomic mass is 10.2. The molecule has 0 bridgehead atoms. The molecule has 1 saturated heterocycles. The number of likely N-dealkylation sites (N-methyl/N-ethyl adjacent to an activating group) is 1. The highest BCUT2D eigenvalue weighted by atomic mass is 79.9. The summed E-state index contributed by atoms with van der Waals surface area (Å²) in [6.07, 6.45) is 1.21. The van der Waals surface area contributed by atoms with E-state index in [0.717, 1.165) is 23.1 Å². The van der Waals surface area contributed by atoms with Crippen LogP contribution in [0, 0.1) is 0 Å². The highest BCUT2D eigenvalue weighted by Gasteiger charge is 2.24. The van der Waals surface area contributed by atoms with Crippen LogP contribution in [0.4, 0.5) is 5.69 Å². The minimum atomic E-state index is 0.0845. The topological polar surface area (TPSA) is 26.7 Å². The second kappa shape index (κ2) is 5.38. The van der Waals surface area contributed by atoms with Crippen LogP contribution in [-0.4, -0.2) is 43.2 Å². The molecule has 0 aliphatic carbocycles. The number of aliphatic hydroxyl groups excluding tert-OH is 1. The van der Waals surface area contributed by atoms with Gasteiger partial charge in [-0.1, -0.05) is 22.0 Å². The summed E-state index contributed by atoms with van der Waals surface area (Å²) in [5, 5.41) is 9.14. The molecule has 1 aliphatic heterocycles. The molecule has 0 amide bonds. The van der Waals surface area contributed by atoms with Gasteiger partial charge in [0.2, 0.25) is 0 Å². The van der Waals surface area contributed by atoms with E-state index in [-0.39, 0.29) is 6.61 Å². The van der Waals surface area contributed by atoms with Gasteiger partial charge in [0.25, 0.3) is 0 Å². The molecule has 1 aromatic rings. The molecule has 1 aromatic carbocycles. The lowest BCUT2D eigenvalue weighted by molar-refractivity contribution is 0.281. The van der Waals surface area contributed by atoms with Crippen LogP contribution >= 0.6 is 15.9 Å². The highest BCUT2D eigenvalue weighted by Crippen LogP contribution is 2.27. The van der Waals surface area contributed by atoms with Gasteiger partial charge in [-0.05, 0) is 38.2 Å². The van der Waals surface area contributed by atoms with Crippen molar-refractivity contribution in [1.29, 1.82) is 0 Å². The zero-order valence-corrected chi connectivity index (χ0v) is 11.9. The van der Waals surface area contributed by atoms with E-state index >= 15 is 0 Å². The molecule has 0 saturated carbocycles. The van der Waals surface area contributed by atoms with Crippen molar-refractivity contribution >= 4 is 21.6 Å². The third-order valence-corrected chi connectivity index (χ3v) is 4.20. The lowest BCUT2D eigenvalue weighted by Crippen LogP contribution is -2.31. The third-order valence-electron chi connectivity index (χ3n) is 3.47. The van der Waals surface area contributed by atoms with Crippen LogP contribution in [0.2, 0.25) is 0 Å². The van der Waals surface area contributed by atoms with Gasteiger partial charge < -0.3 is 14.9 Å². The Labute approximate surface area is 111 Å². The molecular formula is C13H19BrN2O. The maximum atomic E-state index is 9.14. The molecule has 1 fully saturated rings. The molecule has 3 nitrogen and oxygen atoms in total. The summed E-state index contributed by atoms with van der Waals surface area (Å²) in [5.41, 5.74) is 2.18. The molecule has 1 N–H and O–H groups in total. The van der Waals surface area contributed by atoms with Gasteiger partial charge in [-0.2, -0.15) is 0 Å². The predicted octanol–water partition coefficient (Wildman–Crippen LogP) is 2.08. The van der Waals surface area contributed by atoms with E-state index in [4.69, 9.17) is 5.11 Å². The van der Waals surface area contributed by atoms with E-state index in [1.165, 1.54) is 12.1 Å². The molecule has 1 unspecified atom stereocenters. The van der Waals surface area contributed by atoms with E-state index < -0.39 is 0 Å². The Morgan fingerprint density at radius 1 is 1.47 bits per heavy atom. The number of benzene rings is 1. The van der Waals surface area contributed by atoms with Gasteiger partial charge in [0.1, 0.15) is 0 Å². The van der Waals surface area contributed by atoms with Gasteiger partial charge in [-0.3, -0.25) is 0 Å². The smallest absolute Gasteiger partial charge is 0.0692 e. The monoisotopic (exact) mass is 298 g/mol. The molecule has 1 heterocycles. The first-order chi connectivity index (χ1) is 8.11. The molecule has 1 aliphatic rings. The number of hydrogen-bond acceptors (Lipinski definition) is 3. The van der Waals surface area contributed by atoms with Crippen molar-refractivity contribution in [1.82, 2.24) is 4.90 Å². The molecule has 0 spiro atoms. The van der Waals surface area contributed by atoms with Crippen molar-refractivity contribution in [3.05, 3.63) is 28.2 Å². The van der Waals surface area contributed by atoms with Crippen molar-refractivity contribution in [3.8, 4) is 0 Å². The quantitative estimate of drug-likeness (QED) is 0.926. The number of aliphatic hydroxyl groups is 1. The second-order valence-corrected chi connectivity index (χ2v) is 5.64. The van der Waals surface area contributed by atoms with E-state index in [0.29, 0.717) is 6.04 Å². The summed E-state index contributed by atoms with van der Waals surface area (Å²) in [5.74, 6) is 0. The lowest BCUT2D eigenvalue weighted by Gasteiger charge is -2.22. The van der Waals surface area contributed by atoms with E-state index in [2.05, 4.69) is 52.0 Å². The van der Waals surface area contributed by atoms with Crippen LogP contribution in [0.3, 0.4) is 0 Å². The Bertz CT molecular complexity index is 395. The predicted molar refractivity (Wildman–Crippen MR) is 74.4 cm³/mol. The molecule has 94 valence electrons. The fourth-order valence-corrected chi connectivity index (χ4v) is 2.75. The van der Waals surface area contributed by atoms with E-state index in [9.17, 15) is 0 Å². The van der Waals surface area contributed by atoms with Crippen LogP contribution in [0.1, 0.15) is 12.0 Å². The maximum absolute atomic E-state index is 9.14. The van der Waals surface area contributed by atoms with Gasteiger partial charge in [-0.15, -0.1) is 0 Å². The number of halogens is 1. The Morgan fingerprint density at radius 2 is 2.24 bits per heavy atom. The first-order valence-electron chi connectivity index (χ1n) is 5.92. The van der Waals surface area contributed by atoms with Crippen molar-refractivity contribution < 1.29 is 5.11 Å². The fraction of sp³-hybridized carbons (Fsp3) is 0.538. The van der Waals surface area contributed by atoms with Crippen LogP contribution in [0.15, 0.2) is 22.7 Å². The Morgan fingerprint density at radius 3 is 2.76 bits per heavy atom. The number of nitrogens with zero attached hydrogens (tertiary/aromatic N) is 2. The number of rotatable bonds is 3. The van der Waals surface area contributed by atoms with Crippen LogP contribution < -0.4 is 4.90 Å². The largest absolute Gasteiger partial charge is 0.392 e.